The van der Waals surface area contributed by atoms with Crippen molar-refractivity contribution in [1.82, 2.24) is 9.55 Å². The maximum Gasteiger partial charge on any atom is 0.326 e. The van der Waals surface area contributed by atoms with E-state index in [0.29, 0.717) is 12.3 Å². The zero-order valence-corrected chi connectivity index (χ0v) is 11.3. The summed E-state index contributed by atoms with van der Waals surface area (Å²) in [5.41, 5.74) is 8.19. The number of esters is 1. The van der Waals surface area contributed by atoms with E-state index in [4.69, 9.17) is 10.5 Å². The van der Waals surface area contributed by atoms with Gasteiger partial charge >= 0.3 is 5.97 Å². The molecule has 0 bridgehead atoms. The Bertz CT molecular complexity index is 590. The number of rotatable bonds is 5. The number of nitrogens with zero attached hydrogens (tertiary/aromatic N) is 2. The van der Waals surface area contributed by atoms with Gasteiger partial charge in [-0.25, -0.2) is 4.98 Å². The fraction of sp³-hybridized carbons (Fsp3) is 0.429. The number of imidazole rings is 1. The van der Waals surface area contributed by atoms with Crippen LogP contribution in [-0.4, -0.2) is 22.1 Å². The van der Waals surface area contributed by atoms with Gasteiger partial charge in [-0.2, -0.15) is 0 Å². The second-order valence-electron chi connectivity index (χ2n) is 4.42. The normalized spacial score (nSPS) is 10.8. The second-order valence-corrected chi connectivity index (χ2v) is 4.42. The molecule has 0 unspecified atom stereocenters. The summed E-state index contributed by atoms with van der Waals surface area (Å²) in [6.07, 6.45) is 1.80. The van der Waals surface area contributed by atoms with Gasteiger partial charge in [-0.15, -0.1) is 0 Å². The molecule has 1 heterocycles. The average Bonchev–Trinajstić information content (AvgIpc) is 2.67. The Labute approximate surface area is 112 Å². The highest BCUT2D eigenvalue weighted by molar-refractivity contribution is 5.81. The summed E-state index contributed by atoms with van der Waals surface area (Å²) in [4.78, 5) is 16.2. The first-order chi connectivity index (χ1) is 9.15. The number of carbonyl (C=O) groups excluding carboxylic acids is 1. The average molecular weight is 261 g/mol. The molecule has 1 aromatic carbocycles. The first-order valence-electron chi connectivity index (χ1n) is 6.56. The standard InChI is InChI=1S/C14H19N3O2/c1-3-5-13-16-11-8-10(15)6-7-12(11)17(13)9-14(18)19-4-2/h6-8H,3-5,9,15H2,1-2H3. The summed E-state index contributed by atoms with van der Waals surface area (Å²) < 4.78 is 6.92. The summed E-state index contributed by atoms with van der Waals surface area (Å²) in [5, 5.41) is 0. The Morgan fingerprint density at radius 1 is 1.42 bits per heavy atom. The van der Waals surface area contributed by atoms with Gasteiger partial charge < -0.3 is 15.0 Å². The van der Waals surface area contributed by atoms with E-state index in [9.17, 15) is 4.79 Å². The lowest BCUT2D eigenvalue weighted by molar-refractivity contribution is -0.143. The van der Waals surface area contributed by atoms with Crippen molar-refractivity contribution in [3.8, 4) is 0 Å². The summed E-state index contributed by atoms with van der Waals surface area (Å²) in [6.45, 7) is 4.48. The maximum atomic E-state index is 11.7. The van der Waals surface area contributed by atoms with Crippen LogP contribution in [0.15, 0.2) is 18.2 Å². The summed E-state index contributed by atoms with van der Waals surface area (Å²) in [7, 11) is 0. The summed E-state index contributed by atoms with van der Waals surface area (Å²) >= 11 is 0. The molecule has 0 saturated carbocycles. The van der Waals surface area contributed by atoms with Crippen LogP contribution in [-0.2, 0) is 22.5 Å². The number of aromatic nitrogens is 2. The van der Waals surface area contributed by atoms with E-state index in [0.717, 1.165) is 29.7 Å². The fourth-order valence-electron chi connectivity index (χ4n) is 2.12. The van der Waals surface area contributed by atoms with Crippen LogP contribution in [0.1, 0.15) is 26.1 Å². The van der Waals surface area contributed by atoms with Crippen molar-refractivity contribution in [2.24, 2.45) is 0 Å². The number of fused-ring (bicyclic) bond motifs is 1. The Morgan fingerprint density at radius 3 is 2.89 bits per heavy atom. The largest absolute Gasteiger partial charge is 0.465 e. The highest BCUT2D eigenvalue weighted by Gasteiger charge is 2.13. The van der Waals surface area contributed by atoms with Crippen LogP contribution >= 0.6 is 0 Å². The number of ether oxygens (including phenoxy) is 1. The third-order valence-electron chi connectivity index (χ3n) is 2.92. The number of nitrogen functional groups attached to an aromatic ring is 1. The monoisotopic (exact) mass is 261 g/mol. The zero-order chi connectivity index (χ0) is 13.8. The Kier molecular flexibility index (Phi) is 4.04. The Hall–Kier alpha value is -2.04. The van der Waals surface area contributed by atoms with Crippen LogP contribution in [0, 0.1) is 0 Å². The molecule has 5 heteroatoms. The van der Waals surface area contributed by atoms with E-state index >= 15 is 0 Å². The molecule has 2 N–H and O–H groups in total. The Balaban J connectivity index is 2.42. The molecular formula is C14H19N3O2. The lowest BCUT2D eigenvalue weighted by Crippen LogP contribution is -2.15. The van der Waals surface area contributed by atoms with Gasteiger partial charge in [0.05, 0.1) is 17.6 Å². The van der Waals surface area contributed by atoms with Gasteiger partial charge in [0.15, 0.2) is 0 Å². The topological polar surface area (TPSA) is 70.1 Å². The summed E-state index contributed by atoms with van der Waals surface area (Å²) in [6, 6.07) is 5.55. The van der Waals surface area contributed by atoms with Gasteiger partial charge in [-0.1, -0.05) is 6.92 Å². The molecular weight excluding hydrogens is 242 g/mol. The van der Waals surface area contributed by atoms with Crippen molar-refractivity contribution >= 4 is 22.7 Å². The van der Waals surface area contributed by atoms with Gasteiger partial charge in [-0.3, -0.25) is 4.79 Å². The molecule has 0 aliphatic carbocycles. The van der Waals surface area contributed by atoms with Crippen LogP contribution < -0.4 is 5.73 Å². The molecule has 102 valence electrons. The molecule has 0 spiro atoms. The number of nitrogens with two attached hydrogens (primary N) is 1. The second kappa shape index (κ2) is 5.73. The quantitative estimate of drug-likeness (QED) is 0.661. The minimum Gasteiger partial charge on any atom is -0.465 e. The van der Waals surface area contributed by atoms with Crippen LogP contribution in [0.3, 0.4) is 0 Å². The van der Waals surface area contributed by atoms with E-state index < -0.39 is 0 Å². The number of hydrogen-bond acceptors (Lipinski definition) is 4. The van der Waals surface area contributed by atoms with E-state index in [-0.39, 0.29) is 12.5 Å². The van der Waals surface area contributed by atoms with Gasteiger partial charge in [0.25, 0.3) is 0 Å². The fourth-order valence-corrected chi connectivity index (χ4v) is 2.12. The maximum absolute atomic E-state index is 11.7. The van der Waals surface area contributed by atoms with Crippen molar-refractivity contribution in [3.63, 3.8) is 0 Å². The van der Waals surface area contributed by atoms with Crippen LogP contribution in [0.25, 0.3) is 11.0 Å². The smallest absolute Gasteiger partial charge is 0.326 e. The van der Waals surface area contributed by atoms with E-state index in [1.807, 2.05) is 22.8 Å². The van der Waals surface area contributed by atoms with E-state index in [1.165, 1.54) is 0 Å². The lowest BCUT2D eigenvalue weighted by Gasteiger charge is -2.08. The van der Waals surface area contributed by atoms with Gasteiger partial charge in [0, 0.05) is 12.1 Å². The van der Waals surface area contributed by atoms with E-state index in [1.54, 1.807) is 6.92 Å². The van der Waals surface area contributed by atoms with Crippen LogP contribution in [0.2, 0.25) is 0 Å². The third-order valence-corrected chi connectivity index (χ3v) is 2.92. The number of benzene rings is 1. The first kappa shape index (κ1) is 13.4. The number of aryl methyl sites for hydroxylation is 1. The highest BCUT2D eigenvalue weighted by atomic mass is 16.5. The molecule has 2 aromatic rings. The molecule has 0 saturated heterocycles. The predicted octanol–water partition coefficient (Wildman–Crippen LogP) is 2.13. The van der Waals surface area contributed by atoms with Gasteiger partial charge in [-0.05, 0) is 31.5 Å². The molecule has 0 aliphatic heterocycles. The van der Waals surface area contributed by atoms with Crippen LogP contribution in [0.5, 0.6) is 0 Å². The molecule has 19 heavy (non-hydrogen) atoms. The van der Waals surface area contributed by atoms with Crippen LogP contribution in [0.4, 0.5) is 5.69 Å². The van der Waals surface area contributed by atoms with Gasteiger partial charge in [0.2, 0.25) is 0 Å². The van der Waals surface area contributed by atoms with Crippen molar-refractivity contribution in [1.29, 1.82) is 0 Å². The highest BCUT2D eigenvalue weighted by Crippen LogP contribution is 2.20. The van der Waals surface area contributed by atoms with Crippen molar-refractivity contribution in [2.75, 3.05) is 12.3 Å². The molecule has 0 atom stereocenters. The molecule has 0 fully saturated rings. The predicted molar refractivity (Wildman–Crippen MR) is 74.8 cm³/mol. The molecule has 1 aromatic heterocycles. The third kappa shape index (κ3) is 2.86. The Morgan fingerprint density at radius 2 is 2.21 bits per heavy atom. The first-order valence-corrected chi connectivity index (χ1v) is 6.56. The van der Waals surface area contributed by atoms with Crippen molar-refractivity contribution < 1.29 is 9.53 Å². The van der Waals surface area contributed by atoms with Crippen molar-refractivity contribution in [2.45, 2.75) is 33.2 Å². The minimum absolute atomic E-state index is 0.198. The molecule has 0 radical (unpaired) electrons. The molecule has 0 aliphatic rings. The van der Waals surface area contributed by atoms with E-state index in [2.05, 4.69) is 11.9 Å². The molecule has 5 nitrogen and oxygen atoms in total. The molecule has 0 amide bonds. The SMILES string of the molecule is CCCc1nc2cc(N)ccc2n1CC(=O)OCC. The zero-order valence-electron chi connectivity index (χ0n) is 11.3. The van der Waals surface area contributed by atoms with Crippen molar-refractivity contribution in [3.05, 3.63) is 24.0 Å². The number of hydrogen-bond donors (Lipinski definition) is 1. The number of anilines is 1. The summed E-state index contributed by atoms with van der Waals surface area (Å²) in [5.74, 6) is 0.659. The minimum atomic E-state index is -0.240. The molecule has 2 rings (SSSR count). The van der Waals surface area contributed by atoms with Gasteiger partial charge in [0.1, 0.15) is 12.4 Å². The lowest BCUT2D eigenvalue weighted by atomic mass is 10.3. The number of carbonyl (C=O) groups is 1.